The molecular formula is C8H8N2O3S. The van der Waals surface area contributed by atoms with Gasteiger partial charge in [0, 0.05) is 5.56 Å². The second-order valence-corrected chi connectivity index (χ2v) is 3.48. The van der Waals surface area contributed by atoms with Crippen LogP contribution in [-0.2, 0) is 22.2 Å². The van der Waals surface area contributed by atoms with Gasteiger partial charge in [0.25, 0.3) is 0 Å². The summed E-state index contributed by atoms with van der Waals surface area (Å²) < 4.78 is 19.0. The third kappa shape index (κ3) is 1.82. The highest BCUT2D eigenvalue weighted by molar-refractivity contribution is 7.79. The molecule has 0 amide bonds. The third-order valence-corrected chi connectivity index (χ3v) is 2.32. The van der Waals surface area contributed by atoms with E-state index in [2.05, 4.69) is 14.2 Å². The summed E-state index contributed by atoms with van der Waals surface area (Å²) in [5, 5.41) is 8.91. The van der Waals surface area contributed by atoms with Gasteiger partial charge in [-0.05, 0) is 11.6 Å². The van der Waals surface area contributed by atoms with Gasteiger partial charge in [0.05, 0.1) is 6.61 Å². The van der Waals surface area contributed by atoms with Crippen LogP contribution >= 0.6 is 0 Å². The number of rotatable bonds is 2. The molecule has 0 aromatic heterocycles. The molecule has 0 saturated heterocycles. The van der Waals surface area contributed by atoms with E-state index in [1.165, 1.54) is 0 Å². The van der Waals surface area contributed by atoms with Crippen LogP contribution in [0.15, 0.2) is 28.7 Å². The highest BCUT2D eigenvalue weighted by Gasteiger charge is 2.14. The fourth-order valence-electron chi connectivity index (χ4n) is 1.12. The molecule has 1 unspecified atom stereocenters. The smallest absolute Gasteiger partial charge is 0.309 e. The van der Waals surface area contributed by atoms with Crippen molar-refractivity contribution in [2.24, 2.45) is 4.40 Å². The third-order valence-electron chi connectivity index (χ3n) is 1.76. The van der Waals surface area contributed by atoms with E-state index in [1.54, 1.807) is 24.3 Å². The van der Waals surface area contributed by atoms with E-state index in [1.807, 2.05) is 0 Å². The Morgan fingerprint density at radius 3 is 3.07 bits per heavy atom. The molecule has 5 nitrogen and oxygen atoms in total. The summed E-state index contributed by atoms with van der Waals surface area (Å²) in [5.74, 6) is 0.415. The Kier molecular flexibility index (Phi) is 2.58. The van der Waals surface area contributed by atoms with Crippen LogP contribution in [0.25, 0.3) is 0 Å². The van der Waals surface area contributed by atoms with Crippen molar-refractivity contribution in [3.63, 3.8) is 0 Å². The molecule has 1 aromatic rings. The second-order valence-electron chi connectivity index (χ2n) is 2.70. The largest absolute Gasteiger partial charge is 0.392 e. The topological polar surface area (TPSA) is 70.9 Å². The van der Waals surface area contributed by atoms with Crippen LogP contribution in [0.2, 0.25) is 0 Å². The van der Waals surface area contributed by atoms with E-state index in [4.69, 9.17) is 5.11 Å². The zero-order valence-corrected chi connectivity index (χ0v) is 7.95. The van der Waals surface area contributed by atoms with E-state index in [9.17, 15) is 4.21 Å². The number of hydrogen-bond donors (Lipinski definition) is 2. The lowest BCUT2D eigenvalue weighted by Gasteiger charge is -2.01. The van der Waals surface area contributed by atoms with Crippen molar-refractivity contribution in [3.05, 3.63) is 35.4 Å². The lowest BCUT2D eigenvalue weighted by atomic mass is 10.1. The molecule has 0 radical (unpaired) electrons. The fourth-order valence-corrected chi connectivity index (χ4v) is 1.59. The van der Waals surface area contributed by atoms with E-state index < -0.39 is 11.3 Å². The van der Waals surface area contributed by atoms with Gasteiger partial charge in [-0.25, -0.2) is 9.69 Å². The Balaban J connectivity index is 2.32. The minimum atomic E-state index is -1.65. The van der Waals surface area contributed by atoms with Crippen LogP contribution < -0.4 is 5.48 Å². The SMILES string of the molecule is O=S1N=C(c2cccc(CO)c2)NO1. The molecule has 1 atom stereocenters. The van der Waals surface area contributed by atoms with Crippen LogP contribution in [0.5, 0.6) is 0 Å². The molecule has 1 aromatic carbocycles. The van der Waals surface area contributed by atoms with E-state index in [0.717, 1.165) is 11.1 Å². The fraction of sp³-hybridized carbons (Fsp3) is 0.125. The van der Waals surface area contributed by atoms with Crippen molar-refractivity contribution in [1.29, 1.82) is 0 Å². The van der Waals surface area contributed by atoms with Gasteiger partial charge < -0.3 is 5.11 Å². The van der Waals surface area contributed by atoms with Crippen molar-refractivity contribution in [1.82, 2.24) is 5.48 Å². The predicted octanol–water partition coefficient (Wildman–Crippen LogP) is 0.0390. The van der Waals surface area contributed by atoms with Gasteiger partial charge >= 0.3 is 11.3 Å². The zero-order chi connectivity index (χ0) is 9.97. The van der Waals surface area contributed by atoms with Gasteiger partial charge in [0.2, 0.25) is 0 Å². The summed E-state index contributed by atoms with van der Waals surface area (Å²) in [6.45, 7) is -0.0366. The molecule has 2 N–H and O–H groups in total. The normalized spacial score (nSPS) is 20.4. The lowest BCUT2D eigenvalue weighted by molar-refractivity contribution is 0.281. The van der Waals surface area contributed by atoms with Gasteiger partial charge in [0.15, 0.2) is 5.84 Å². The summed E-state index contributed by atoms with van der Waals surface area (Å²) in [6.07, 6.45) is 0. The number of nitrogens with one attached hydrogen (secondary N) is 1. The minimum absolute atomic E-state index is 0.0366. The van der Waals surface area contributed by atoms with Crippen LogP contribution in [-0.4, -0.2) is 15.2 Å². The number of benzene rings is 1. The highest BCUT2D eigenvalue weighted by atomic mass is 32.2. The van der Waals surface area contributed by atoms with E-state index in [0.29, 0.717) is 5.84 Å². The van der Waals surface area contributed by atoms with Crippen LogP contribution in [0, 0.1) is 0 Å². The number of amidine groups is 1. The molecule has 0 spiro atoms. The first-order chi connectivity index (χ1) is 6.79. The number of hydroxylamine groups is 1. The molecule has 1 aliphatic heterocycles. The molecule has 1 heterocycles. The molecular weight excluding hydrogens is 204 g/mol. The first-order valence-electron chi connectivity index (χ1n) is 3.93. The average molecular weight is 212 g/mol. The van der Waals surface area contributed by atoms with Crippen molar-refractivity contribution in [2.75, 3.05) is 0 Å². The van der Waals surface area contributed by atoms with Crippen LogP contribution in [0.4, 0.5) is 0 Å². The first kappa shape index (κ1) is 9.32. The molecule has 6 heteroatoms. The molecule has 74 valence electrons. The Hall–Kier alpha value is -1.24. The molecule has 0 bridgehead atoms. The number of aliphatic hydroxyl groups is 1. The van der Waals surface area contributed by atoms with E-state index in [-0.39, 0.29) is 6.61 Å². The number of hydrogen-bond acceptors (Lipinski definition) is 4. The molecule has 14 heavy (non-hydrogen) atoms. The van der Waals surface area contributed by atoms with Gasteiger partial charge in [-0.1, -0.05) is 18.2 Å². The maximum atomic E-state index is 10.8. The Labute approximate surface area is 83.2 Å². The Morgan fingerprint density at radius 1 is 1.57 bits per heavy atom. The summed E-state index contributed by atoms with van der Waals surface area (Å²) in [6, 6.07) is 7.11. The summed E-state index contributed by atoms with van der Waals surface area (Å²) in [7, 11) is 0. The second kappa shape index (κ2) is 3.87. The number of aliphatic hydroxyl groups excluding tert-OH is 1. The first-order valence-corrected chi connectivity index (χ1v) is 4.97. The maximum absolute atomic E-state index is 10.8. The predicted molar refractivity (Wildman–Crippen MR) is 51.3 cm³/mol. The zero-order valence-electron chi connectivity index (χ0n) is 7.14. The number of nitrogens with zero attached hydrogens (tertiary/aromatic N) is 1. The summed E-state index contributed by atoms with van der Waals surface area (Å²) in [4.78, 5) is 0. The lowest BCUT2D eigenvalue weighted by Crippen LogP contribution is -2.17. The van der Waals surface area contributed by atoms with Gasteiger partial charge in [-0.3, -0.25) is 0 Å². The van der Waals surface area contributed by atoms with Crippen molar-refractivity contribution >= 4 is 17.1 Å². The van der Waals surface area contributed by atoms with Crippen LogP contribution in [0.3, 0.4) is 0 Å². The summed E-state index contributed by atoms with van der Waals surface area (Å²) >= 11 is -1.65. The Bertz CT molecular complexity index is 405. The molecule has 0 aliphatic carbocycles. The molecule has 0 saturated carbocycles. The Morgan fingerprint density at radius 2 is 2.43 bits per heavy atom. The van der Waals surface area contributed by atoms with Crippen LogP contribution in [0.1, 0.15) is 11.1 Å². The minimum Gasteiger partial charge on any atom is -0.392 e. The van der Waals surface area contributed by atoms with Crippen molar-refractivity contribution in [3.8, 4) is 0 Å². The highest BCUT2D eigenvalue weighted by Crippen LogP contribution is 2.09. The summed E-state index contributed by atoms with van der Waals surface area (Å²) in [5.41, 5.74) is 3.95. The quantitative estimate of drug-likeness (QED) is 0.726. The van der Waals surface area contributed by atoms with E-state index >= 15 is 0 Å². The average Bonchev–Trinajstić information content (AvgIpc) is 2.65. The molecule has 2 rings (SSSR count). The molecule has 0 fully saturated rings. The van der Waals surface area contributed by atoms with Gasteiger partial charge in [-0.15, -0.1) is 4.40 Å². The van der Waals surface area contributed by atoms with Gasteiger partial charge in [0.1, 0.15) is 0 Å². The monoisotopic (exact) mass is 212 g/mol. The maximum Gasteiger partial charge on any atom is 0.309 e. The molecule has 1 aliphatic rings. The van der Waals surface area contributed by atoms with Crippen molar-refractivity contribution in [2.45, 2.75) is 6.61 Å². The van der Waals surface area contributed by atoms with Crippen molar-refractivity contribution < 1.29 is 13.6 Å². The standard InChI is InChI=1S/C8H8N2O3S/c11-5-6-2-1-3-7(4-6)8-9-13-14(12)10-8/h1-4,11H,5H2,(H,9,10). The van der Waals surface area contributed by atoms with Gasteiger partial charge in [-0.2, -0.15) is 4.28 Å².